The summed E-state index contributed by atoms with van der Waals surface area (Å²) in [5.74, 6) is -1.38. The van der Waals surface area contributed by atoms with Gasteiger partial charge in [0.05, 0.1) is 27.8 Å². The second-order valence-electron chi connectivity index (χ2n) is 5.57. The number of halogens is 4. The molecular weight excluding hydrogens is 391 g/mol. The van der Waals surface area contributed by atoms with E-state index in [0.29, 0.717) is 11.6 Å². The van der Waals surface area contributed by atoms with Crippen LogP contribution in [0.25, 0.3) is 0 Å². The molecule has 0 spiro atoms. The van der Waals surface area contributed by atoms with Crippen molar-refractivity contribution in [3.8, 4) is 0 Å². The molecule has 0 aromatic heterocycles. The summed E-state index contributed by atoms with van der Waals surface area (Å²) in [5.41, 5.74) is -0.588. The summed E-state index contributed by atoms with van der Waals surface area (Å²) in [6, 6.07) is 11.0. The lowest BCUT2D eigenvalue weighted by Gasteiger charge is -2.12. The van der Waals surface area contributed by atoms with Crippen molar-refractivity contribution in [2.75, 3.05) is 11.1 Å². The normalized spacial score (nSPS) is 12.0. The average Bonchev–Trinajstić information content (AvgIpc) is 2.55. The molecule has 0 aliphatic carbocycles. The van der Waals surface area contributed by atoms with Crippen molar-refractivity contribution in [1.82, 2.24) is 0 Å². The number of sulfone groups is 1. The van der Waals surface area contributed by atoms with Gasteiger partial charge in [0.2, 0.25) is 5.91 Å². The van der Waals surface area contributed by atoms with E-state index >= 15 is 0 Å². The highest BCUT2D eigenvalue weighted by Gasteiger charge is 2.31. The van der Waals surface area contributed by atoms with Gasteiger partial charge in [-0.3, -0.25) is 4.79 Å². The van der Waals surface area contributed by atoms with Crippen LogP contribution in [0.15, 0.2) is 48.5 Å². The zero-order chi connectivity index (χ0) is 19.4. The van der Waals surface area contributed by atoms with Crippen molar-refractivity contribution in [2.24, 2.45) is 0 Å². The number of benzene rings is 2. The number of nitrogens with one attached hydrogen (secondary N) is 1. The van der Waals surface area contributed by atoms with Crippen LogP contribution in [0.4, 0.5) is 18.9 Å². The van der Waals surface area contributed by atoms with Gasteiger partial charge < -0.3 is 5.32 Å². The summed E-state index contributed by atoms with van der Waals surface area (Å²) in [7, 11) is -3.54. The number of anilines is 1. The van der Waals surface area contributed by atoms with Crippen LogP contribution < -0.4 is 5.32 Å². The zero-order valence-electron chi connectivity index (χ0n) is 13.4. The molecule has 0 bridgehead atoms. The smallest absolute Gasteiger partial charge is 0.325 e. The topological polar surface area (TPSA) is 63.2 Å². The van der Waals surface area contributed by atoms with Gasteiger partial charge in [-0.1, -0.05) is 41.9 Å². The van der Waals surface area contributed by atoms with Crippen LogP contribution in [0, 0.1) is 0 Å². The largest absolute Gasteiger partial charge is 0.416 e. The Bertz CT molecular complexity index is 884. The molecule has 2 rings (SSSR count). The van der Waals surface area contributed by atoms with E-state index < -0.39 is 33.2 Å². The molecule has 1 N–H and O–H groups in total. The van der Waals surface area contributed by atoms with E-state index in [1.165, 1.54) is 0 Å². The van der Waals surface area contributed by atoms with Crippen molar-refractivity contribution in [3.63, 3.8) is 0 Å². The fourth-order valence-electron chi connectivity index (χ4n) is 2.16. The molecule has 0 fully saturated rings. The van der Waals surface area contributed by atoms with E-state index in [-0.39, 0.29) is 22.9 Å². The molecule has 4 nitrogen and oxygen atoms in total. The fraction of sp³-hybridized carbons (Fsp3) is 0.235. The van der Waals surface area contributed by atoms with E-state index in [1.54, 1.807) is 30.3 Å². The minimum absolute atomic E-state index is 0.0708. The van der Waals surface area contributed by atoms with Gasteiger partial charge in [-0.25, -0.2) is 8.42 Å². The molecule has 0 atom stereocenters. The monoisotopic (exact) mass is 405 g/mol. The maximum Gasteiger partial charge on any atom is 0.416 e. The lowest BCUT2D eigenvalue weighted by atomic mass is 10.2. The molecule has 0 heterocycles. The molecular formula is C17H15ClF3NO3S. The number of hydrogen-bond donors (Lipinski definition) is 1. The van der Waals surface area contributed by atoms with Gasteiger partial charge in [0.1, 0.15) is 0 Å². The number of amides is 1. The highest BCUT2D eigenvalue weighted by atomic mass is 35.5. The number of carbonyl (C=O) groups is 1. The maximum atomic E-state index is 12.7. The molecule has 0 unspecified atom stereocenters. The number of carbonyl (C=O) groups excluding carboxylic acids is 1. The molecule has 26 heavy (non-hydrogen) atoms. The average molecular weight is 406 g/mol. The van der Waals surface area contributed by atoms with Gasteiger partial charge in [0.25, 0.3) is 0 Å². The molecule has 1 amide bonds. The van der Waals surface area contributed by atoms with Crippen molar-refractivity contribution in [1.29, 1.82) is 0 Å². The Labute approximate surface area is 153 Å². The van der Waals surface area contributed by atoms with Gasteiger partial charge in [0, 0.05) is 6.42 Å². The van der Waals surface area contributed by atoms with Gasteiger partial charge in [-0.15, -0.1) is 0 Å². The standard InChI is InChI=1S/C17H15ClF3NO3S/c18-14-7-6-13(17(19,20)21)10-15(14)22-16(23)8-9-26(24,25)11-12-4-2-1-3-5-12/h1-7,10H,8-9,11H2,(H,22,23). The quantitative estimate of drug-likeness (QED) is 0.779. The van der Waals surface area contributed by atoms with Crippen molar-refractivity contribution >= 4 is 33.0 Å². The minimum atomic E-state index is -4.58. The van der Waals surface area contributed by atoms with Gasteiger partial charge in [-0.2, -0.15) is 13.2 Å². The van der Waals surface area contributed by atoms with E-state index in [4.69, 9.17) is 11.6 Å². The van der Waals surface area contributed by atoms with Gasteiger partial charge in [0.15, 0.2) is 9.84 Å². The Balaban J connectivity index is 1.99. The van der Waals surface area contributed by atoms with Gasteiger partial charge >= 0.3 is 6.18 Å². The summed E-state index contributed by atoms with van der Waals surface area (Å²) in [5, 5.41) is 2.15. The zero-order valence-corrected chi connectivity index (χ0v) is 15.0. The van der Waals surface area contributed by atoms with Crippen LogP contribution >= 0.6 is 11.6 Å². The second kappa shape index (κ2) is 8.09. The molecule has 0 aliphatic heterocycles. The van der Waals surface area contributed by atoms with Crippen molar-refractivity contribution in [3.05, 3.63) is 64.7 Å². The molecule has 2 aromatic carbocycles. The first kappa shape index (κ1) is 20.3. The number of rotatable bonds is 6. The minimum Gasteiger partial charge on any atom is -0.325 e. The van der Waals surface area contributed by atoms with E-state index in [0.717, 1.165) is 12.1 Å². The third kappa shape index (κ3) is 6.03. The summed E-state index contributed by atoms with van der Waals surface area (Å²) in [4.78, 5) is 11.9. The van der Waals surface area contributed by atoms with Crippen LogP contribution in [0.5, 0.6) is 0 Å². The summed E-state index contributed by atoms with van der Waals surface area (Å²) in [6.45, 7) is 0. The first-order chi connectivity index (χ1) is 12.1. The van der Waals surface area contributed by atoms with Crippen molar-refractivity contribution in [2.45, 2.75) is 18.3 Å². The molecule has 0 saturated carbocycles. The maximum absolute atomic E-state index is 12.7. The second-order valence-corrected chi connectivity index (χ2v) is 8.16. The van der Waals surface area contributed by atoms with Gasteiger partial charge in [-0.05, 0) is 23.8 Å². The third-order valence-corrected chi connectivity index (χ3v) is 5.37. The lowest BCUT2D eigenvalue weighted by Crippen LogP contribution is -2.19. The number of hydrogen-bond acceptors (Lipinski definition) is 3. The summed E-state index contributed by atoms with van der Waals surface area (Å²) in [6.07, 6.45) is -4.97. The van der Waals surface area contributed by atoms with Crippen LogP contribution in [-0.2, 0) is 26.6 Å². The molecule has 0 saturated heterocycles. The molecule has 9 heteroatoms. The van der Waals surface area contributed by atoms with Crippen LogP contribution in [0.1, 0.15) is 17.5 Å². The number of alkyl halides is 3. The molecule has 0 aliphatic rings. The fourth-order valence-corrected chi connectivity index (χ4v) is 3.66. The SMILES string of the molecule is O=C(CCS(=O)(=O)Cc1ccccc1)Nc1cc(C(F)(F)F)ccc1Cl. The Morgan fingerprint density at radius 1 is 1.08 bits per heavy atom. The molecule has 2 aromatic rings. The first-order valence-corrected chi connectivity index (χ1v) is 9.68. The van der Waals surface area contributed by atoms with Crippen LogP contribution in [-0.4, -0.2) is 20.1 Å². The Morgan fingerprint density at radius 2 is 1.73 bits per heavy atom. The van der Waals surface area contributed by atoms with Crippen LogP contribution in [0.3, 0.4) is 0 Å². The van der Waals surface area contributed by atoms with E-state index in [2.05, 4.69) is 5.32 Å². The summed E-state index contributed by atoms with van der Waals surface area (Å²) >= 11 is 5.79. The predicted molar refractivity (Wildman–Crippen MR) is 93.6 cm³/mol. The third-order valence-electron chi connectivity index (χ3n) is 3.44. The lowest BCUT2D eigenvalue weighted by molar-refractivity contribution is -0.137. The Morgan fingerprint density at radius 3 is 2.35 bits per heavy atom. The molecule has 0 radical (unpaired) electrons. The first-order valence-electron chi connectivity index (χ1n) is 7.48. The summed E-state index contributed by atoms with van der Waals surface area (Å²) < 4.78 is 62.2. The Hall–Kier alpha value is -2.06. The predicted octanol–water partition coefficient (Wildman–Crippen LogP) is 4.30. The highest BCUT2D eigenvalue weighted by molar-refractivity contribution is 7.90. The Kier molecular flexibility index (Phi) is 6.30. The molecule has 140 valence electrons. The highest BCUT2D eigenvalue weighted by Crippen LogP contribution is 2.33. The van der Waals surface area contributed by atoms with Crippen molar-refractivity contribution < 1.29 is 26.4 Å². The van der Waals surface area contributed by atoms with Crippen LogP contribution in [0.2, 0.25) is 5.02 Å². The van der Waals surface area contributed by atoms with E-state index in [1.807, 2.05) is 0 Å². The van der Waals surface area contributed by atoms with E-state index in [9.17, 15) is 26.4 Å².